The molecule has 2 aromatic carbocycles. The molecule has 4 rings (SSSR count). The van der Waals surface area contributed by atoms with Gasteiger partial charge in [-0.15, -0.1) is 12.4 Å². The zero-order valence-electron chi connectivity index (χ0n) is 16.7. The molecule has 0 saturated carbocycles. The average Bonchev–Trinajstić information content (AvgIpc) is 2.74. The molecule has 2 aliphatic heterocycles. The lowest BCUT2D eigenvalue weighted by atomic mass is 10.1. The monoisotopic (exact) mass is 415 g/mol. The summed E-state index contributed by atoms with van der Waals surface area (Å²) in [6, 6.07) is 14.9. The van der Waals surface area contributed by atoms with Crippen LogP contribution in [0.1, 0.15) is 22.8 Å². The molecule has 2 heterocycles. The van der Waals surface area contributed by atoms with Gasteiger partial charge >= 0.3 is 0 Å². The predicted octanol–water partition coefficient (Wildman–Crippen LogP) is 3.09. The molecule has 0 bridgehead atoms. The summed E-state index contributed by atoms with van der Waals surface area (Å²) in [5.74, 6) is -0.0820. The van der Waals surface area contributed by atoms with Crippen LogP contribution in [0, 0.1) is 6.92 Å². The molecule has 0 radical (unpaired) electrons. The van der Waals surface area contributed by atoms with E-state index < -0.39 is 0 Å². The standard InChI is InChI=1S/C22H25N3O3.ClH/c1-16-7-9-18(10-8-16)24-15-25(20-6-4-3-5-19(20)22(24)27)21(26)17(2)23-11-13-28-14-12-23;/h3-10,17H,11-15H2,1-2H3;1H. The Balaban J connectivity index is 0.00000240. The van der Waals surface area contributed by atoms with Crippen LogP contribution in [0.2, 0.25) is 0 Å². The molecule has 6 nitrogen and oxygen atoms in total. The highest BCUT2D eigenvalue weighted by Gasteiger charge is 2.36. The van der Waals surface area contributed by atoms with Crippen LogP contribution in [0.15, 0.2) is 48.5 Å². The fraction of sp³-hybridized carbons (Fsp3) is 0.364. The van der Waals surface area contributed by atoms with E-state index in [9.17, 15) is 9.59 Å². The molecule has 1 saturated heterocycles. The summed E-state index contributed by atoms with van der Waals surface area (Å²) >= 11 is 0. The summed E-state index contributed by atoms with van der Waals surface area (Å²) in [6.45, 7) is 6.92. The number of halogens is 1. The van der Waals surface area contributed by atoms with Gasteiger partial charge in [-0.1, -0.05) is 29.8 Å². The average molecular weight is 416 g/mol. The SMILES string of the molecule is Cc1ccc(N2CN(C(=O)C(C)N3CCOCC3)c3ccccc3C2=O)cc1.Cl. The van der Waals surface area contributed by atoms with E-state index in [0.717, 1.165) is 24.3 Å². The van der Waals surface area contributed by atoms with Crippen LogP contribution in [-0.2, 0) is 9.53 Å². The number of morpholine rings is 1. The second-order valence-electron chi connectivity index (χ2n) is 7.32. The van der Waals surface area contributed by atoms with Gasteiger partial charge < -0.3 is 4.74 Å². The number of carbonyl (C=O) groups excluding carboxylic acids is 2. The van der Waals surface area contributed by atoms with Crippen molar-refractivity contribution in [3.05, 3.63) is 59.7 Å². The van der Waals surface area contributed by atoms with Gasteiger partial charge in [0.1, 0.15) is 6.67 Å². The Morgan fingerprint density at radius 3 is 2.38 bits per heavy atom. The van der Waals surface area contributed by atoms with E-state index >= 15 is 0 Å². The van der Waals surface area contributed by atoms with Gasteiger partial charge in [0.15, 0.2) is 0 Å². The maximum atomic E-state index is 13.4. The molecule has 0 N–H and O–H groups in total. The number of benzene rings is 2. The van der Waals surface area contributed by atoms with Crippen LogP contribution in [0.4, 0.5) is 11.4 Å². The Hall–Kier alpha value is -2.41. The number of nitrogens with zero attached hydrogens (tertiary/aromatic N) is 3. The molecule has 154 valence electrons. The number of carbonyl (C=O) groups is 2. The maximum absolute atomic E-state index is 13.4. The lowest BCUT2D eigenvalue weighted by Gasteiger charge is -2.40. The normalized spacial score (nSPS) is 18.1. The van der Waals surface area contributed by atoms with Crippen molar-refractivity contribution >= 4 is 35.6 Å². The van der Waals surface area contributed by atoms with Gasteiger partial charge in [-0.25, -0.2) is 0 Å². The highest BCUT2D eigenvalue weighted by molar-refractivity contribution is 6.15. The van der Waals surface area contributed by atoms with E-state index in [0.29, 0.717) is 24.5 Å². The molecule has 2 amide bonds. The largest absolute Gasteiger partial charge is 0.379 e. The lowest BCUT2D eigenvalue weighted by Crippen LogP contribution is -2.56. The van der Waals surface area contributed by atoms with Crippen LogP contribution in [-0.4, -0.2) is 55.7 Å². The van der Waals surface area contributed by atoms with Gasteiger partial charge in [0.25, 0.3) is 5.91 Å². The van der Waals surface area contributed by atoms with Gasteiger partial charge in [0.2, 0.25) is 5.91 Å². The molecular formula is C22H26ClN3O3. The number of hydrogen-bond donors (Lipinski definition) is 0. The minimum atomic E-state index is -0.273. The van der Waals surface area contributed by atoms with Gasteiger partial charge in [-0.3, -0.25) is 24.3 Å². The summed E-state index contributed by atoms with van der Waals surface area (Å²) in [7, 11) is 0. The topological polar surface area (TPSA) is 53.1 Å². The van der Waals surface area contributed by atoms with E-state index in [2.05, 4.69) is 4.90 Å². The highest BCUT2D eigenvalue weighted by Crippen LogP contribution is 2.31. The first-order valence-corrected chi connectivity index (χ1v) is 9.67. The molecule has 2 aliphatic rings. The van der Waals surface area contributed by atoms with Crippen molar-refractivity contribution in [1.82, 2.24) is 4.90 Å². The third-order valence-corrected chi connectivity index (χ3v) is 5.52. The van der Waals surface area contributed by atoms with Crippen molar-refractivity contribution in [2.45, 2.75) is 19.9 Å². The zero-order valence-corrected chi connectivity index (χ0v) is 17.5. The van der Waals surface area contributed by atoms with Gasteiger partial charge in [0, 0.05) is 18.8 Å². The van der Waals surface area contributed by atoms with Crippen LogP contribution < -0.4 is 9.80 Å². The second kappa shape index (κ2) is 8.95. The Morgan fingerprint density at radius 1 is 1.03 bits per heavy atom. The number of hydrogen-bond acceptors (Lipinski definition) is 4. The molecule has 1 unspecified atom stereocenters. The molecule has 29 heavy (non-hydrogen) atoms. The van der Waals surface area contributed by atoms with Crippen molar-refractivity contribution in [3.63, 3.8) is 0 Å². The van der Waals surface area contributed by atoms with Crippen molar-refractivity contribution in [2.24, 2.45) is 0 Å². The number of para-hydroxylation sites is 1. The number of fused-ring (bicyclic) bond motifs is 1. The van der Waals surface area contributed by atoms with Crippen molar-refractivity contribution in [3.8, 4) is 0 Å². The highest BCUT2D eigenvalue weighted by atomic mass is 35.5. The number of aryl methyl sites for hydroxylation is 1. The first kappa shape index (κ1) is 21.3. The first-order valence-electron chi connectivity index (χ1n) is 9.67. The maximum Gasteiger partial charge on any atom is 0.261 e. The van der Waals surface area contributed by atoms with Gasteiger partial charge in [-0.2, -0.15) is 0 Å². The fourth-order valence-electron chi connectivity index (χ4n) is 3.78. The molecule has 0 aromatic heterocycles. The van der Waals surface area contributed by atoms with E-state index in [1.165, 1.54) is 0 Å². The van der Waals surface area contributed by atoms with Crippen molar-refractivity contribution in [2.75, 3.05) is 42.8 Å². The minimum Gasteiger partial charge on any atom is -0.379 e. The molecule has 1 atom stereocenters. The quantitative estimate of drug-likeness (QED) is 0.773. The Kier molecular flexibility index (Phi) is 6.57. The zero-order chi connectivity index (χ0) is 19.7. The van der Waals surface area contributed by atoms with Gasteiger partial charge in [0.05, 0.1) is 30.5 Å². The van der Waals surface area contributed by atoms with E-state index in [-0.39, 0.29) is 36.9 Å². The minimum absolute atomic E-state index is 0. The molecule has 0 aliphatic carbocycles. The van der Waals surface area contributed by atoms with Crippen LogP contribution in [0.5, 0.6) is 0 Å². The predicted molar refractivity (Wildman–Crippen MR) is 116 cm³/mol. The summed E-state index contributed by atoms with van der Waals surface area (Å²) in [6.07, 6.45) is 0. The lowest BCUT2D eigenvalue weighted by molar-refractivity contribution is -0.124. The van der Waals surface area contributed by atoms with Crippen LogP contribution in [0.3, 0.4) is 0 Å². The summed E-state index contributed by atoms with van der Waals surface area (Å²) in [5.41, 5.74) is 3.15. The second-order valence-corrected chi connectivity index (χ2v) is 7.32. The van der Waals surface area contributed by atoms with E-state index in [1.54, 1.807) is 15.9 Å². The number of rotatable bonds is 3. The molecule has 7 heteroatoms. The molecular weight excluding hydrogens is 390 g/mol. The fourth-order valence-corrected chi connectivity index (χ4v) is 3.78. The Bertz CT molecular complexity index is 881. The Labute approximate surface area is 177 Å². The van der Waals surface area contributed by atoms with Crippen LogP contribution in [0.25, 0.3) is 0 Å². The third kappa shape index (κ3) is 4.15. The van der Waals surface area contributed by atoms with Crippen molar-refractivity contribution < 1.29 is 14.3 Å². The Morgan fingerprint density at radius 2 is 1.69 bits per heavy atom. The van der Waals surface area contributed by atoms with Crippen LogP contribution >= 0.6 is 12.4 Å². The number of amides is 2. The number of ether oxygens (including phenoxy) is 1. The summed E-state index contributed by atoms with van der Waals surface area (Å²) in [4.78, 5) is 32.1. The smallest absolute Gasteiger partial charge is 0.261 e. The van der Waals surface area contributed by atoms with Gasteiger partial charge in [-0.05, 0) is 38.1 Å². The van der Waals surface area contributed by atoms with Crippen molar-refractivity contribution in [1.29, 1.82) is 0 Å². The molecule has 1 fully saturated rings. The van der Waals surface area contributed by atoms with E-state index in [4.69, 9.17) is 4.74 Å². The first-order chi connectivity index (χ1) is 13.6. The number of anilines is 2. The molecule has 0 spiro atoms. The summed E-state index contributed by atoms with van der Waals surface area (Å²) in [5, 5.41) is 0. The third-order valence-electron chi connectivity index (χ3n) is 5.52. The van der Waals surface area contributed by atoms with E-state index in [1.807, 2.05) is 56.3 Å². The molecule has 2 aromatic rings. The summed E-state index contributed by atoms with van der Waals surface area (Å²) < 4.78 is 5.41.